The van der Waals surface area contributed by atoms with Crippen molar-refractivity contribution in [3.8, 4) is 0 Å². The van der Waals surface area contributed by atoms with Crippen LogP contribution in [0.4, 0.5) is 0 Å². The minimum atomic E-state index is -1.02. The van der Waals surface area contributed by atoms with E-state index in [4.69, 9.17) is 0 Å². The number of rotatable bonds is 3. The second-order valence-electron chi connectivity index (χ2n) is 5.71. The van der Waals surface area contributed by atoms with Gasteiger partial charge in [-0.05, 0) is 29.7 Å². The van der Waals surface area contributed by atoms with Gasteiger partial charge in [-0.2, -0.15) is 0 Å². The van der Waals surface area contributed by atoms with Gasteiger partial charge in [-0.15, -0.1) is 0 Å². The number of carboxylic acid groups (broad SMARTS) is 1. The fourth-order valence-corrected chi connectivity index (χ4v) is 3.29. The predicted octanol–water partition coefficient (Wildman–Crippen LogP) is 4.30. The molecule has 3 heteroatoms. The van der Waals surface area contributed by atoms with Gasteiger partial charge in [-0.3, -0.25) is 4.79 Å². The third-order valence-electron chi connectivity index (χ3n) is 4.38. The minimum absolute atomic E-state index is 0.00199. The Balaban J connectivity index is 2.11. The number of carboxylic acids is 1. The molecule has 108 valence electrons. The maximum absolute atomic E-state index is 12.7. The van der Waals surface area contributed by atoms with Crippen molar-refractivity contribution < 1.29 is 14.7 Å². The zero-order valence-electron chi connectivity index (χ0n) is 11.8. The Morgan fingerprint density at radius 1 is 0.952 bits per heavy atom. The smallest absolute Gasteiger partial charge is 0.337 e. The molecule has 0 aliphatic heterocycles. The summed E-state index contributed by atoms with van der Waals surface area (Å²) in [6.07, 6.45) is 5.06. The van der Waals surface area contributed by atoms with Crippen molar-refractivity contribution in [3.63, 3.8) is 0 Å². The van der Waals surface area contributed by atoms with Crippen LogP contribution in [0.3, 0.4) is 0 Å². The molecular weight excluding hydrogens is 264 g/mol. The Bertz CT molecular complexity index is 697. The quantitative estimate of drug-likeness (QED) is 0.854. The Morgan fingerprint density at radius 2 is 1.67 bits per heavy atom. The van der Waals surface area contributed by atoms with E-state index in [1.807, 2.05) is 24.3 Å². The molecule has 1 fully saturated rings. The second-order valence-corrected chi connectivity index (χ2v) is 5.71. The molecule has 1 N–H and O–H groups in total. The third-order valence-corrected chi connectivity index (χ3v) is 4.38. The highest BCUT2D eigenvalue weighted by molar-refractivity contribution is 6.14. The molecule has 0 unspecified atom stereocenters. The van der Waals surface area contributed by atoms with Crippen molar-refractivity contribution in [2.45, 2.75) is 32.1 Å². The molecule has 0 spiro atoms. The maximum atomic E-state index is 12.7. The molecule has 0 atom stereocenters. The number of hydrogen-bond donors (Lipinski definition) is 1. The number of fused-ring (bicyclic) bond motifs is 1. The molecule has 1 aliphatic rings. The number of carbonyl (C=O) groups excluding carboxylic acids is 1. The fraction of sp³-hybridized carbons (Fsp3) is 0.333. The van der Waals surface area contributed by atoms with Gasteiger partial charge in [0.15, 0.2) is 5.78 Å². The topological polar surface area (TPSA) is 54.4 Å². The first kappa shape index (κ1) is 13.8. The molecule has 0 radical (unpaired) electrons. The summed E-state index contributed by atoms with van der Waals surface area (Å²) in [4.78, 5) is 24.4. The lowest BCUT2D eigenvalue weighted by molar-refractivity contribution is 0.0691. The highest BCUT2D eigenvalue weighted by Crippen LogP contribution is 2.30. The van der Waals surface area contributed by atoms with E-state index in [1.54, 1.807) is 12.1 Å². The van der Waals surface area contributed by atoms with Crippen molar-refractivity contribution in [3.05, 3.63) is 47.5 Å². The van der Waals surface area contributed by atoms with Crippen LogP contribution in [0.2, 0.25) is 0 Å². The van der Waals surface area contributed by atoms with E-state index in [2.05, 4.69) is 0 Å². The molecule has 0 amide bonds. The lowest BCUT2D eigenvalue weighted by Crippen LogP contribution is -2.20. The van der Waals surface area contributed by atoms with Crippen LogP contribution in [-0.4, -0.2) is 16.9 Å². The molecule has 21 heavy (non-hydrogen) atoms. The molecular formula is C18H18O3. The Hall–Kier alpha value is -2.16. The summed E-state index contributed by atoms with van der Waals surface area (Å²) in [5.41, 5.74) is 0.525. The van der Waals surface area contributed by atoms with Crippen LogP contribution in [0.1, 0.15) is 52.8 Å². The number of benzene rings is 2. The van der Waals surface area contributed by atoms with Crippen LogP contribution in [0, 0.1) is 5.92 Å². The number of aromatic carboxylic acids is 1. The Kier molecular flexibility index (Phi) is 3.74. The van der Waals surface area contributed by atoms with Gasteiger partial charge in [0.25, 0.3) is 0 Å². The lowest BCUT2D eigenvalue weighted by atomic mass is 9.82. The van der Waals surface area contributed by atoms with E-state index in [1.165, 1.54) is 6.42 Å². The molecule has 0 bridgehead atoms. The van der Waals surface area contributed by atoms with Crippen LogP contribution < -0.4 is 0 Å². The molecule has 3 nitrogen and oxygen atoms in total. The fourth-order valence-electron chi connectivity index (χ4n) is 3.29. The van der Waals surface area contributed by atoms with E-state index in [-0.39, 0.29) is 17.3 Å². The zero-order chi connectivity index (χ0) is 14.8. The number of ketones is 1. The predicted molar refractivity (Wildman–Crippen MR) is 81.8 cm³/mol. The zero-order valence-corrected chi connectivity index (χ0v) is 11.8. The summed E-state index contributed by atoms with van der Waals surface area (Å²) in [7, 11) is 0. The molecule has 1 saturated carbocycles. The van der Waals surface area contributed by atoms with Crippen LogP contribution in [0.15, 0.2) is 36.4 Å². The largest absolute Gasteiger partial charge is 0.478 e. The second kappa shape index (κ2) is 5.68. The summed E-state index contributed by atoms with van der Waals surface area (Å²) in [5.74, 6) is -1.04. The van der Waals surface area contributed by atoms with Crippen molar-refractivity contribution in [2.75, 3.05) is 0 Å². The Labute approximate surface area is 123 Å². The van der Waals surface area contributed by atoms with Crippen LogP contribution in [-0.2, 0) is 0 Å². The van der Waals surface area contributed by atoms with Gasteiger partial charge in [0.2, 0.25) is 0 Å². The monoisotopic (exact) mass is 282 g/mol. The summed E-state index contributed by atoms with van der Waals surface area (Å²) in [5, 5.41) is 11.1. The maximum Gasteiger partial charge on any atom is 0.337 e. The van der Waals surface area contributed by atoms with Gasteiger partial charge in [0.05, 0.1) is 5.56 Å². The van der Waals surface area contributed by atoms with E-state index >= 15 is 0 Å². The summed E-state index contributed by atoms with van der Waals surface area (Å²) in [6.45, 7) is 0. The molecule has 3 rings (SSSR count). The lowest BCUT2D eigenvalue weighted by Gasteiger charge is -2.21. The van der Waals surface area contributed by atoms with Gasteiger partial charge >= 0.3 is 5.97 Å². The minimum Gasteiger partial charge on any atom is -0.478 e. The van der Waals surface area contributed by atoms with E-state index in [9.17, 15) is 14.7 Å². The first-order valence-corrected chi connectivity index (χ1v) is 7.48. The van der Waals surface area contributed by atoms with Crippen molar-refractivity contribution in [2.24, 2.45) is 5.92 Å². The summed E-state index contributed by atoms with van der Waals surface area (Å²) < 4.78 is 0. The van der Waals surface area contributed by atoms with Gasteiger partial charge in [0.1, 0.15) is 0 Å². The van der Waals surface area contributed by atoms with Gasteiger partial charge < -0.3 is 5.11 Å². The average molecular weight is 282 g/mol. The molecule has 0 saturated heterocycles. The van der Waals surface area contributed by atoms with Crippen LogP contribution >= 0.6 is 0 Å². The van der Waals surface area contributed by atoms with Gasteiger partial charge in [-0.25, -0.2) is 4.79 Å². The molecule has 0 heterocycles. The molecule has 0 aromatic heterocycles. The SMILES string of the molecule is O=C(O)c1c(C(=O)C2CCCCC2)ccc2ccccc12. The van der Waals surface area contributed by atoms with Crippen LogP contribution in [0.25, 0.3) is 10.8 Å². The molecule has 2 aromatic rings. The molecule has 2 aromatic carbocycles. The highest BCUT2D eigenvalue weighted by Gasteiger charge is 2.27. The van der Waals surface area contributed by atoms with Crippen molar-refractivity contribution in [1.82, 2.24) is 0 Å². The summed E-state index contributed by atoms with van der Waals surface area (Å²) >= 11 is 0. The van der Waals surface area contributed by atoms with E-state index < -0.39 is 5.97 Å². The average Bonchev–Trinajstić information content (AvgIpc) is 2.53. The number of carbonyl (C=O) groups is 2. The first-order chi connectivity index (χ1) is 10.2. The highest BCUT2D eigenvalue weighted by atomic mass is 16.4. The third kappa shape index (κ3) is 2.56. The van der Waals surface area contributed by atoms with Crippen molar-refractivity contribution >= 4 is 22.5 Å². The van der Waals surface area contributed by atoms with E-state index in [0.29, 0.717) is 10.9 Å². The first-order valence-electron chi connectivity index (χ1n) is 7.48. The number of Topliss-reactive ketones (excluding diaryl/α,β-unsaturated/α-hetero) is 1. The van der Waals surface area contributed by atoms with E-state index in [0.717, 1.165) is 31.1 Å². The van der Waals surface area contributed by atoms with Crippen molar-refractivity contribution in [1.29, 1.82) is 0 Å². The standard InChI is InChI=1S/C18H18O3/c19-17(13-7-2-1-3-8-13)15-11-10-12-6-4-5-9-14(12)16(15)18(20)21/h4-6,9-11,13H,1-3,7-8H2,(H,20,21). The van der Waals surface area contributed by atoms with Gasteiger partial charge in [-0.1, -0.05) is 49.6 Å². The summed E-state index contributed by atoms with van der Waals surface area (Å²) in [6, 6.07) is 10.9. The Morgan fingerprint density at radius 3 is 2.38 bits per heavy atom. The molecule has 1 aliphatic carbocycles. The normalized spacial score (nSPS) is 16.0. The van der Waals surface area contributed by atoms with Gasteiger partial charge in [0, 0.05) is 11.5 Å². The van der Waals surface area contributed by atoms with Crippen LogP contribution in [0.5, 0.6) is 0 Å². The number of hydrogen-bond acceptors (Lipinski definition) is 2.